The third kappa shape index (κ3) is 6.37. The molecular formula is C30H36F5N9O3. The van der Waals surface area contributed by atoms with Crippen LogP contribution in [0.15, 0.2) is 18.5 Å². The molecule has 4 saturated heterocycles. The first-order valence-corrected chi connectivity index (χ1v) is 16.1. The summed E-state index contributed by atoms with van der Waals surface area (Å²) in [5.41, 5.74) is 0.880. The first-order valence-electron chi connectivity index (χ1n) is 16.1. The highest BCUT2D eigenvalue weighted by molar-refractivity contribution is 5.92. The lowest BCUT2D eigenvalue weighted by Crippen LogP contribution is -2.57. The molecule has 1 aliphatic carbocycles. The van der Waals surface area contributed by atoms with Crippen molar-refractivity contribution in [3.05, 3.63) is 35.5 Å². The van der Waals surface area contributed by atoms with Gasteiger partial charge in [-0.25, -0.2) is 18.3 Å². The standard InChI is InChI=1S/C30H36F5N9O3/c1-2-43-23(5-7-37-43)27(46)39-24(16-4-3-6-29(31,32)11-16)22-15-44-28(38-22)40-25(42-13-19-10-20(14-42)47-19)21(41-44)9-17-8-18(30(33,34)35)12-36-26(17)45/h5,7,15-20,24H,2-4,6,8-14H2,1H3,(H,36,45)(H,39,46)/t16-,17?,18+,19?,20?,24-/m0/s1. The Morgan fingerprint density at radius 3 is 2.68 bits per heavy atom. The summed E-state index contributed by atoms with van der Waals surface area (Å²) < 4.78 is 78.8. The smallest absolute Gasteiger partial charge is 0.371 e. The fourth-order valence-electron chi connectivity index (χ4n) is 7.41. The number of hydrogen-bond donors (Lipinski definition) is 2. The van der Waals surface area contributed by atoms with E-state index in [0.29, 0.717) is 37.6 Å². The fraction of sp³-hybridized carbons (Fsp3) is 0.667. The first-order chi connectivity index (χ1) is 22.4. The molecule has 4 aliphatic heterocycles. The second-order valence-electron chi connectivity index (χ2n) is 13.1. The SMILES string of the molecule is CCn1nccc1C(=O)N[C@H](c1cn2nc(CC3C[C@@H](C(F)(F)F)CNC3=O)c(N3CC4CC(C3)O4)nc2n1)[C@H]1CCCC(F)(F)C1. The third-order valence-electron chi connectivity index (χ3n) is 9.81. The van der Waals surface area contributed by atoms with E-state index in [9.17, 15) is 31.5 Å². The van der Waals surface area contributed by atoms with E-state index < -0.39 is 60.7 Å². The lowest BCUT2D eigenvalue weighted by Gasteiger charge is -2.47. The molecular weight excluding hydrogens is 629 g/mol. The lowest BCUT2D eigenvalue weighted by molar-refractivity contribution is -0.183. The van der Waals surface area contributed by atoms with E-state index in [-0.39, 0.29) is 55.1 Å². The number of nitrogens with one attached hydrogen (secondary N) is 2. The monoisotopic (exact) mass is 665 g/mol. The molecule has 7 heterocycles. The minimum Gasteiger partial charge on any atom is -0.371 e. The normalized spacial score (nSPS) is 28.1. The van der Waals surface area contributed by atoms with E-state index in [0.717, 1.165) is 6.42 Å². The molecule has 3 aromatic heterocycles. The summed E-state index contributed by atoms with van der Waals surface area (Å²) in [7, 11) is 0. The highest BCUT2D eigenvalue weighted by atomic mass is 19.4. The molecule has 6 atom stereocenters. The Morgan fingerprint density at radius 1 is 1.21 bits per heavy atom. The molecule has 5 fully saturated rings. The number of imidazole rings is 1. The summed E-state index contributed by atoms with van der Waals surface area (Å²) in [6.45, 7) is 2.77. The van der Waals surface area contributed by atoms with Crippen molar-refractivity contribution >= 4 is 23.4 Å². The number of ether oxygens (including phenoxy) is 1. The number of morpholine rings is 1. The zero-order chi connectivity index (χ0) is 33.1. The minimum absolute atomic E-state index is 0.0216. The van der Waals surface area contributed by atoms with Gasteiger partial charge in [-0.3, -0.25) is 14.3 Å². The molecule has 2 amide bonds. The Balaban J connectivity index is 1.25. The van der Waals surface area contributed by atoms with Crippen LogP contribution in [-0.2, 0) is 22.5 Å². The van der Waals surface area contributed by atoms with E-state index in [1.807, 2.05) is 11.8 Å². The summed E-state index contributed by atoms with van der Waals surface area (Å²) in [5, 5.41) is 14.2. The van der Waals surface area contributed by atoms with Crippen molar-refractivity contribution in [2.45, 2.75) is 88.8 Å². The molecule has 17 heteroatoms. The van der Waals surface area contributed by atoms with Crippen molar-refractivity contribution in [2.75, 3.05) is 24.5 Å². The van der Waals surface area contributed by atoms with Gasteiger partial charge in [-0.1, -0.05) is 0 Å². The van der Waals surface area contributed by atoms with Gasteiger partial charge in [-0.05, 0) is 38.2 Å². The van der Waals surface area contributed by atoms with Crippen LogP contribution in [0.3, 0.4) is 0 Å². The largest absolute Gasteiger partial charge is 0.393 e. The topological polar surface area (TPSA) is 132 Å². The number of alkyl halides is 5. The fourth-order valence-corrected chi connectivity index (χ4v) is 7.41. The van der Waals surface area contributed by atoms with Gasteiger partial charge in [0.1, 0.15) is 11.4 Å². The molecule has 5 aliphatic rings. The average molecular weight is 666 g/mol. The second-order valence-corrected chi connectivity index (χ2v) is 13.1. The molecule has 0 spiro atoms. The van der Waals surface area contributed by atoms with Gasteiger partial charge in [0.05, 0.1) is 36.1 Å². The highest BCUT2D eigenvalue weighted by Gasteiger charge is 2.46. The van der Waals surface area contributed by atoms with Crippen LogP contribution in [0.25, 0.3) is 5.78 Å². The molecule has 0 radical (unpaired) electrons. The van der Waals surface area contributed by atoms with E-state index in [2.05, 4.69) is 20.7 Å². The molecule has 254 valence electrons. The molecule has 12 nitrogen and oxygen atoms in total. The summed E-state index contributed by atoms with van der Waals surface area (Å²) in [5.74, 6) is -6.64. The number of fused-ring (bicyclic) bond motifs is 3. The van der Waals surface area contributed by atoms with Crippen molar-refractivity contribution in [1.82, 2.24) is 40.0 Å². The number of hydrogen-bond acceptors (Lipinski definition) is 8. The number of halogens is 5. The Bertz CT molecular complexity index is 1640. The zero-order valence-corrected chi connectivity index (χ0v) is 25.7. The number of anilines is 1. The van der Waals surface area contributed by atoms with E-state index in [4.69, 9.17) is 14.8 Å². The maximum Gasteiger partial charge on any atom is 0.393 e. The van der Waals surface area contributed by atoms with Crippen LogP contribution in [0.1, 0.15) is 73.4 Å². The van der Waals surface area contributed by atoms with Crippen molar-refractivity contribution < 1.29 is 36.3 Å². The Kier molecular flexibility index (Phi) is 8.07. The van der Waals surface area contributed by atoms with Crippen molar-refractivity contribution in [3.63, 3.8) is 0 Å². The maximum absolute atomic E-state index is 14.7. The Hall–Kier alpha value is -3.89. The van der Waals surface area contributed by atoms with Gasteiger partial charge in [0.15, 0.2) is 5.82 Å². The van der Waals surface area contributed by atoms with Gasteiger partial charge in [0.2, 0.25) is 11.8 Å². The first kappa shape index (κ1) is 31.7. The van der Waals surface area contributed by atoms with Gasteiger partial charge in [0, 0.05) is 64.0 Å². The van der Waals surface area contributed by atoms with Gasteiger partial charge in [-0.2, -0.15) is 28.4 Å². The second kappa shape index (κ2) is 12.0. The van der Waals surface area contributed by atoms with Crippen molar-refractivity contribution in [1.29, 1.82) is 0 Å². The number of carbonyl (C=O) groups excluding carboxylic acids is 2. The molecule has 2 bridgehead atoms. The number of amides is 2. The third-order valence-corrected chi connectivity index (χ3v) is 9.81. The van der Waals surface area contributed by atoms with Crippen LogP contribution in [0, 0.1) is 17.8 Å². The number of aromatic nitrogens is 6. The summed E-state index contributed by atoms with van der Waals surface area (Å²) in [6.07, 6.45) is -1.05. The molecule has 8 rings (SSSR count). The molecule has 2 N–H and O–H groups in total. The van der Waals surface area contributed by atoms with Gasteiger partial charge < -0.3 is 20.3 Å². The molecule has 3 unspecified atom stereocenters. The number of aryl methyl sites for hydroxylation is 1. The molecule has 3 aromatic rings. The number of carbonyl (C=O) groups is 2. The summed E-state index contributed by atoms with van der Waals surface area (Å²) in [4.78, 5) is 37.6. The van der Waals surface area contributed by atoms with Crippen LogP contribution in [-0.4, -0.2) is 85.1 Å². The van der Waals surface area contributed by atoms with Crippen LogP contribution in [0.5, 0.6) is 0 Å². The zero-order valence-electron chi connectivity index (χ0n) is 25.7. The lowest BCUT2D eigenvalue weighted by atomic mass is 9.80. The van der Waals surface area contributed by atoms with E-state index in [1.165, 1.54) is 21.6 Å². The predicted molar refractivity (Wildman–Crippen MR) is 156 cm³/mol. The summed E-state index contributed by atoms with van der Waals surface area (Å²) >= 11 is 0. The van der Waals surface area contributed by atoms with Crippen LogP contribution >= 0.6 is 0 Å². The highest BCUT2D eigenvalue weighted by Crippen LogP contribution is 2.42. The number of rotatable bonds is 8. The number of nitrogens with zero attached hydrogens (tertiary/aromatic N) is 7. The van der Waals surface area contributed by atoms with Crippen LogP contribution in [0.2, 0.25) is 0 Å². The minimum atomic E-state index is -4.46. The average Bonchev–Trinajstić information content (AvgIpc) is 3.66. The van der Waals surface area contributed by atoms with Gasteiger partial charge in [0.25, 0.3) is 11.7 Å². The van der Waals surface area contributed by atoms with Crippen molar-refractivity contribution in [2.24, 2.45) is 17.8 Å². The maximum atomic E-state index is 14.7. The summed E-state index contributed by atoms with van der Waals surface area (Å²) in [6, 6.07) is 0.644. The van der Waals surface area contributed by atoms with E-state index >= 15 is 0 Å². The molecule has 1 saturated carbocycles. The Labute approximate surface area is 266 Å². The van der Waals surface area contributed by atoms with Gasteiger partial charge in [-0.15, -0.1) is 0 Å². The quantitative estimate of drug-likeness (QED) is 0.350. The van der Waals surface area contributed by atoms with Crippen LogP contribution in [0.4, 0.5) is 27.8 Å². The number of piperidine rings is 2. The van der Waals surface area contributed by atoms with Crippen molar-refractivity contribution in [3.8, 4) is 0 Å². The van der Waals surface area contributed by atoms with Gasteiger partial charge >= 0.3 is 6.18 Å². The Morgan fingerprint density at radius 2 is 1.98 bits per heavy atom. The van der Waals surface area contributed by atoms with E-state index in [1.54, 1.807) is 6.07 Å². The molecule has 47 heavy (non-hydrogen) atoms. The van der Waals surface area contributed by atoms with Crippen LogP contribution < -0.4 is 15.5 Å². The molecule has 0 aromatic carbocycles. The predicted octanol–water partition coefficient (Wildman–Crippen LogP) is 3.47.